The SMILES string of the molecule is Cc1cn([C@H]2CC[C@@H](COP(=O)(O)OP(=O)(O)OP(=O)(O)OP(=O)(O)OP(=O)(O)OP(=O)(O)OCCCCCCNC(=O)CCCN=[N+]=[N-])O2)c(=O)[nH]c1=O. The molecular formula is C20H38N6O23P6. The Bertz CT molecular complexity index is 1950. The fraction of sp³-hybridized carbons (Fsp3) is 0.750. The van der Waals surface area contributed by atoms with Crippen molar-refractivity contribution in [1.29, 1.82) is 0 Å². The first-order valence-electron chi connectivity index (χ1n) is 15.3. The van der Waals surface area contributed by atoms with E-state index in [1.165, 1.54) is 13.1 Å². The molecular weight excluding hydrogens is 878 g/mol. The fourth-order valence-corrected chi connectivity index (χ4v) is 12.0. The van der Waals surface area contributed by atoms with Gasteiger partial charge in [-0.25, -0.2) is 32.2 Å². The van der Waals surface area contributed by atoms with Crippen LogP contribution in [0.1, 0.15) is 63.2 Å². The molecule has 0 spiro atoms. The van der Waals surface area contributed by atoms with Gasteiger partial charge in [0.1, 0.15) is 6.23 Å². The number of H-pyrrole nitrogens is 1. The van der Waals surface area contributed by atoms with Gasteiger partial charge in [-0.1, -0.05) is 18.0 Å². The van der Waals surface area contributed by atoms with Gasteiger partial charge in [-0.05, 0) is 44.6 Å². The minimum Gasteiger partial charge on any atom is -0.356 e. The summed E-state index contributed by atoms with van der Waals surface area (Å²) in [6.07, 6.45) is 1.35. The van der Waals surface area contributed by atoms with Crippen LogP contribution in [0.2, 0.25) is 0 Å². The standard InChI is InChI=1S/C20H38N6O23P6/c1-15-13-26(20(29)24-19(15)28)18-9-8-16(44-18)14-43-51(32,33)46-53(36,37)48-55(40,41)49-54(38,39)47-52(34,35)45-50(30,31)42-12-5-3-2-4-10-22-17(27)7-6-11-23-25-21/h13,16,18H,2-12,14H2,1H3,(H,22,27)(H,30,31)(H,32,33)(H,34,35)(H,36,37)(H,38,39)(H,40,41)(H,24,28,29)/t16-,18+/m0/s1. The third-order valence-corrected chi connectivity index (χ3v) is 15.6. The molecule has 29 nitrogen and oxygen atoms in total. The van der Waals surface area contributed by atoms with Gasteiger partial charge < -0.3 is 39.4 Å². The fourth-order valence-electron chi connectivity index (χ4n) is 4.18. The monoisotopic (exact) mass is 916 g/mol. The van der Waals surface area contributed by atoms with E-state index >= 15 is 0 Å². The van der Waals surface area contributed by atoms with Gasteiger partial charge in [-0.2, -0.15) is 21.6 Å². The topological polar surface area (TPSA) is 430 Å². The molecule has 8 N–H and O–H groups in total. The van der Waals surface area contributed by atoms with Crippen molar-refractivity contribution in [3.8, 4) is 0 Å². The maximum absolute atomic E-state index is 12.2. The molecule has 1 aliphatic heterocycles. The highest BCUT2D eigenvalue weighted by molar-refractivity contribution is 7.72. The molecule has 2 rings (SSSR count). The number of phosphoric ester groups is 2. The number of phosphoric acid groups is 6. The molecule has 8 atom stereocenters. The molecule has 1 aliphatic rings. The quantitative estimate of drug-likeness (QED) is 0.0218. The van der Waals surface area contributed by atoms with Crippen LogP contribution in [0.25, 0.3) is 10.4 Å². The molecule has 1 saturated heterocycles. The molecule has 2 heterocycles. The number of nitrogens with zero attached hydrogens (tertiary/aromatic N) is 4. The van der Waals surface area contributed by atoms with Gasteiger partial charge in [-0.15, -0.1) is 0 Å². The van der Waals surface area contributed by atoms with Crippen molar-refractivity contribution in [2.24, 2.45) is 5.11 Å². The summed E-state index contributed by atoms with van der Waals surface area (Å²) in [5.41, 5.74) is 6.88. The van der Waals surface area contributed by atoms with Gasteiger partial charge in [0.05, 0.1) is 19.3 Å². The van der Waals surface area contributed by atoms with Crippen LogP contribution in [0.5, 0.6) is 0 Å². The third-order valence-electron chi connectivity index (χ3n) is 6.37. The highest BCUT2D eigenvalue weighted by atomic mass is 31.3. The van der Waals surface area contributed by atoms with Crippen LogP contribution in [0.3, 0.4) is 0 Å². The number of amides is 1. The smallest absolute Gasteiger partial charge is 0.356 e. The van der Waals surface area contributed by atoms with Crippen molar-refractivity contribution in [3.05, 3.63) is 43.0 Å². The molecule has 0 bridgehead atoms. The summed E-state index contributed by atoms with van der Waals surface area (Å²) in [7, 11) is -36.5. The van der Waals surface area contributed by atoms with Gasteiger partial charge in [-0.3, -0.25) is 28.2 Å². The van der Waals surface area contributed by atoms with Crippen LogP contribution in [0, 0.1) is 6.92 Å². The van der Waals surface area contributed by atoms with E-state index < -0.39 is 83.7 Å². The summed E-state index contributed by atoms with van der Waals surface area (Å²) < 4.78 is 106. The van der Waals surface area contributed by atoms with E-state index in [0.29, 0.717) is 32.2 Å². The molecule has 0 aromatic carbocycles. The van der Waals surface area contributed by atoms with E-state index in [-0.39, 0.29) is 43.7 Å². The zero-order valence-corrected chi connectivity index (χ0v) is 33.7. The Hall–Kier alpha value is -1.72. The first-order valence-corrected chi connectivity index (χ1v) is 24.3. The lowest BCUT2D eigenvalue weighted by Gasteiger charge is -2.21. The van der Waals surface area contributed by atoms with Gasteiger partial charge in [0.2, 0.25) is 5.91 Å². The van der Waals surface area contributed by atoms with E-state index in [9.17, 15) is 71.1 Å². The second-order valence-electron chi connectivity index (χ2n) is 10.9. The molecule has 0 aliphatic carbocycles. The first-order chi connectivity index (χ1) is 25.2. The minimum absolute atomic E-state index is 0.0710. The summed E-state index contributed by atoms with van der Waals surface area (Å²) in [4.78, 5) is 97.9. The number of carbonyl (C=O) groups is 1. The lowest BCUT2D eigenvalue weighted by Crippen LogP contribution is -2.33. The highest BCUT2D eigenvalue weighted by Gasteiger charge is 2.49. The maximum atomic E-state index is 12.2. The first kappa shape index (κ1) is 49.4. The van der Waals surface area contributed by atoms with Crippen LogP contribution in [0.4, 0.5) is 0 Å². The molecule has 6 unspecified atom stereocenters. The van der Waals surface area contributed by atoms with Crippen molar-refractivity contribution in [2.75, 3.05) is 26.3 Å². The summed E-state index contributed by atoms with van der Waals surface area (Å²) in [5, 5.41) is 5.91. The molecule has 1 aromatic rings. The molecule has 316 valence electrons. The van der Waals surface area contributed by atoms with E-state index in [1.807, 2.05) is 0 Å². The van der Waals surface area contributed by atoms with Gasteiger partial charge in [0.15, 0.2) is 0 Å². The number of rotatable bonds is 26. The second kappa shape index (κ2) is 21.3. The summed E-state index contributed by atoms with van der Waals surface area (Å²) in [5.74, 6) is -0.261. The molecule has 0 saturated carbocycles. The average Bonchev–Trinajstić information content (AvgIpc) is 3.47. The van der Waals surface area contributed by atoms with Crippen LogP contribution in [-0.4, -0.2) is 77.2 Å². The number of azide groups is 1. The summed E-state index contributed by atoms with van der Waals surface area (Å²) in [6, 6.07) is 0. The predicted octanol–water partition coefficient (Wildman–Crippen LogP) is 3.01. The largest absolute Gasteiger partial charge is 0.490 e. The summed E-state index contributed by atoms with van der Waals surface area (Å²) >= 11 is 0. The van der Waals surface area contributed by atoms with Gasteiger partial charge >= 0.3 is 52.6 Å². The minimum atomic E-state index is -6.44. The Morgan fingerprint density at radius 3 is 1.95 bits per heavy atom. The highest BCUT2D eigenvalue weighted by Crippen LogP contribution is 2.75. The van der Waals surface area contributed by atoms with E-state index in [0.717, 1.165) is 4.57 Å². The number of hydrogen-bond donors (Lipinski definition) is 8. The predicted molar refractivity (Wildman–Crippen MR) is 180 cm³/mol. The van der Waals surface area contributed by atoms with Crippen molar-refractivity contribution >= 4 is 52.8 Å². The van der Waals surface area contributed by atoms with Crippen molar-refractivity contribution in [2.45, 2.75) is 70.6 Å². The Morgan fingerprint density at radius 1 is 0.855 bits per heavy atom. The number of hydrogen-bond acceptors (Lipinski definition) is 18. The molecule has 0 radical (unpaired) electrons. The maximum Gasteiger partial charge on any atom is 0.490 e. The third kappa shape index (κ3) is 20.0. The summed E-state index contributed by atoms with van der Waals surface area (Å²) in [6.45, 7) is 0.470. The molecule has 1 fully saturated rings. The zero-order valence-electron chi connectivity index (χ0n) is 28.3. The van der Waals surface area contributed by atoms with Crippen LogP contribution >= 0.6 is 46.9 Å². The molecule has 55 heavy (non-hydrogen) atoms. The Morgan fingerprint density at radius 2 is 1.38 bits per heavy atom. The number of carbonyl (C=O) groups excluding carboxylic acids is 1. The van der Waals surface area contributed by atoms with Gasteiger partial charge in [0, 0.05) is 36.2 Å². The van der Waals surface area contributed by atoms with E-state index in [1.54, 1.807) is 0 Å². The van der Waals surface area contributed by atoms with Gasteiger partial charge in [0.25, 0.3) is 5.56 Å². The lowest BCUT2D eigenvalue weighted by molar-refractivity contribution is -0.121. The number of aromatic amines is 1. The number of aryl methyl sites for hydroxylation is 1. The molecule has 1 amide bonds. The van der Waals surface area contributed by atoms with Crippen LogP contribution in [0.15, 0.2) is 20.9 Å². The average molecular weight is 916 g/mol. The number of unbranched alkanes of at least 4 members (excludes halogenated alkanes) is 3. The molecule has 35 heteroatoms. The van der Waals surface area contributed by atoms with Crippen molar-refractivity contribution in [3.63, 3.8) is 0 Å². The normalized spacial score (nSPS) is 22.5. The molecule has 1 aromatic heterocycles. The van der Waals surface area contributed by atoms with E-state index in [2.05, 4.69) is 50.9 Å². The number of nitrogens with one attached hydrogen (secondary N) is 2. The van der Waals surface area contributed by atoms with Crippen LogP contribution < -0.4 is 16.6 Å². The number of aromatic nitrogens is 2. The second-order valence-corrected chi connectivity index (χ2v) is 20.3. The van der Waals surface area contributed by atoms with E-state index in [4.69, 9.17) is 10.3 Å². The Kier molecular flexibility index (Phi) is 19.2. The Labute approximate surface area is 309 Å². The van der Waals surface area contributed by atoms with Crippen molar-refractivity contribution < 1.29 is 96.9 Å². The zero-order chi connectivity index (χ0) is 41.7. The Balaban J connectivity index is 1.78. The van der Waals surface area contributed by atoms with Crippen molar-refractivity contribution in [1.82, 2.24) is 14.9 Å². The lowest BCUT2D eigenvalue weighted by atomic mass is 10.2. The van der Waals surface area contributed by atoms with Crippen LogP contribution in [-0.2, 0) is 67.5 Å². The number of ether oxygens (including phenoxy) is 1.